The van der Waals surface area contributed by atoms with E-state index in [0.29, 0.717) is 30.4 Å². The van der Waals surface area contributed by atoms with Crippen molar-refractivity contribution in [2.24, 2.45) is 24.6 Å². The van der Waals surface area contributed by atoms with Crippen molar-refractivity contribution in [1.82, 2.24) is 19.2 Å². The number of fused-ring (bicyclic) bond motifs is 1. The third-order valence-corrected chi connectivity index (χ3v) is 4.38. The van der Waals surface area contributed by atoms with Crippen LogP contribution in [0.15, 0.2) is 36.8 Å². The van der Waals surface area contributed by atoms with E-state index in [1.807, 2.05) is 42.0 Å². The zero-order valence-corrected chi connectivity index (χ0v) is 15.5. The van der Waals surface area contributed by atoms with E-state index in [9.17, 15) is 4.79 Å². The number of amides is 1. The maximum absolute atomic E-state index is 12.7. The number of pyridine rings is 1. The number of imidazole rings is 1. The van der Waals surface area contributed by atoms with Crippen molar-refractivity contribution >= 4 is 17.4 Å². The van der Waals surface area contributed by atoms with Gasteiger partial charge in [0.05, 0.1) is 6.20 Å². The standard InChI is InChI=1S/C19H26N6O/c1-13(2)8-14(10-20)9-17(26)23-19-18(15-11-21-24(3)12-15)22-16-6-4-5-7-25(16)19/h4-7,11-14H,8-10,20H2,1-3H3,(H,23,26)/t14-/m0/s1. The maximum Gasteiger partial charge on any atom is 0.225 e. The highest BCUT2D eigenvalue weighted by molar-refractivity contribution is 5.94. The van der Waals surface area contributed by atoms with Gasteiger partial charge in [-0.3, -0.25) is 13.9 Å². The van der Waals surface area contributed by atoms with Gasteiger partial charge in [0, 0.05) is 31.4 Å². The lowest BCUT2D eigenvalue weighted by atomic mass is 9.94. The van der Waals surface area contributed by atoms with Crippen molar-refractivity contribution in [3.8, 4) is 11.3 Å². The third-order valence-electron chi connectivity index (χ3n) is 4.38. The molecule has 0 aliphatic carbocycles. The molecule has 0 fully saturated rings. The SMILES string of the molecule is CC(C)C[C@H](CN)CC(=O)Nc1c(-c2cnn(C)c2)nc2ccccn12. The van der Waals surface area contributed by atoms with Crippen LogP contribution in [-0.4, -0.2) is 31.6 Å². The first-order valence-electron chi connectivity index (χ1n) is 8.94. The Bertz CT molecular complexity index is 894. The van der Waals surface area contributed by atoms with Crippen molar-refractivity contribution < 1.29 is 4.79 Å². The lowest BCUT2D eigenvalue weighted by Gasteiger charge is -2.16. The Morgan fingerprint density at radius 1 is 1.35 bits per heavy atom. The van der Waals surface area contributed by atoms with Crippen molar-refractivity contribution in [2.45, 2.75) is 26.7 Å². The first-order valence-corrected chi connectivity index (χ1v) is 8.94. The second-order valence-electron chi connectivity index (χ2n) is 7.12. The van der Waals surface area contributed by atoms with Crippen molar-refractivity contribution in [3.05, 3.63) is 36.8 Å². The van der Waals surface area contributed by atoms with E-state index in [4.69, 9.17) is 5.73 Å². The highest BCUT2D eigenvalue weighted by Gasteiger charge is 2.20. The molecular weight excluding hydrogens is 328 g/mol. The number of carbonyl (C=O) groups is 1. The molecule has 0 unspecified atom stereocenters. The summed E-state index contributed by atoms with van der Waals surface area (Å²) in [5.41, 5.74) is 8.20. The normalized spacial score (nSPS) is 12.7. The zero-order chi connectivity index (χ0) is 18.7. The van der Waals surface area contributed by atoms with Gasteiger partial charge in [-0.05, 0) is 36.9 Å². The quantitative estimate of drug-likeness (QED) is 0.682. The molecular formula is C19H26N6O. The van der Waals surface area contributed by atoms with Crippen LogP contribution in [0.5, 0.6) is 0 Å². The van der Waals surface area contributed by atoms with Gasteiger partial charge in [0.2, 0.25) is 5.91 Å². The molecule has 0 radical (unpaired) electrons. The summed E-state index contributed by atoms with van der Waals surface area (Å²) in [4.78, 5) is 17.3. The monoisotopic (exact) mass is 354 g/mol. The van der Waals surface area contributed by atoms with Crippen LogP contribution in [0, 0.1) is 11.8 Å². The number of anilines is 1. The van der Waals surface area contributed by atoms with Crippen LogP contribution >= 0.6 is 0 Å². The molecule has 0 aliphatic heterocycles. The fourth-order valence-electron chi connectivity index (χ4n) is 3.23. The minimum atomic E-state index is -0.0445. The number of hydrogen-bond acceptors (Lipinski definition) is 4. The predicted molar refractivity (Wildman–Crippen MR) is 103 cm³/mol. The van der Waals surface area contributed by atoms with E-state index in [-0.39, 0.29) is 11.8 Å². The van der Waals surface area contributed by atoms with Gasteiger partial charge in [0.1, 0.15) is 17.2 Å². The lowest BCUT2D eigenvalue weighted by molar-refractivity contribution is -0.117. The Kier molecular flexibility index (Phi) is 5.37. The highest BCUT2D eigenvalue weighted by atomic mass is 16.1. The van der Waals surface area contributed by atoms with Crippen molar-refractivity contribution in [2.75, 3.05) is 11.9 Å². The minimum Gasteiger partial charge on any atom is -0.330 e. The summed E-state index contributed by atoms with van der Waals surface area (Å²) in [6.45, 7) is 4.80. The number of rotatable bonds is 7. The van der Waals surface area contributed by atoms with Gasteiger partial charge in [-0.2, -0.15) is 5.10 Å². The Labute approximate surface area is 153 Å². The number of aromatic nitrogens is 4. The second kappa shape index (κ2) is 7.70. The molecule has 1 amide bonds. The highest BCUT2D eigenvalue weighted by Crippen LogP contribution is 2.28. The van der Waals surface area contributed by atoms with Crippen molar-refractivity contribution in [1.29, 1.82) is 0 Å². The molecule has 138 valence electrons. The van der Waals surface area contributed by atoms with Gasteiger partial charge >= 0.3 is 0 Å². The topological polar surface area (TPSA) is 90.2 Å². The summed E-state index contributed by atoms with van der Waals surface area (Å²) in [6.07, 6.45) is 6.87. The molecule has 3 heterocycles. The molecule has 7 nitrogen and oxygen atoms in total. The van der Waals surface area contributed by atoms with E-state index in [0.717, 1.165) is 17.6 Å². The molecule has 3 rings (SSSR count). The van der Waals surface area contributed by atoms with Crippen LogP contribution in [0.3, 0.4) is 0 Å². The number of carbonyl (C=O) groups excluding carboxylic acids is 1. The third kappa shape index (κ3) is 3.94. The number of nitrogens with two attached hydrogens (primary N) is 1. The van der Waals surface area contributed by atoms with Crippen molar-refractivity contribution in [3.63, 3.8) is 0 Å². The Morgan fingerprint density at radius 2 is 2.15 bits per heavy atom. The van der Waals surface area contributed by atoms with Gasteiger partial charge in [-0.15, -0.1) is 0 Å². The molecule has 0 aliphatic rings. The number of hydrogen-bond donors (Lipinski definition) is 2. The Morgan fingerprint density at radius 3 is 2.81 bits per heavy atom. The van der Waals surface area contributed by atoms with Gasteiger partial charge in [0.25, 0.3) is 0 Å². The van der Waals surface area contributed by atoms with E-state index in [2.05, 4.69) is 29.2 Å². The number of aryl methyl sites for hydroxylation is 1. The molecule has 1 atom stereocenters. The summed E-state index contributed by atoms with van der Waals surface area (Å²) in [6, 6.07) is 5.75. The Balaban J connectivity index is 1.90. The van der Waals surface area contributed by atoms with Gasteiger partial charge in [0.15, 0.2) is 0 Å². The largest absolute Gasteiger partial charge is 0.330 e. The molecule has 0 spiro atoms. The summed E-state index contributed by atoms with van der Waals surface area (Å²) in [7, 11) is 1.86. The molecule has 3 aromatic heterocycles. The van der Waals surface area contributed by atoms with Gasteiger partial charge in [-0.25, -0.2) is 4.98 Å². The van der Waals surface area contributed by atoms with Crippen LogP contribution in [-0.2, 0) is 11.8 Å². The first-order chi connectivity index (χ1) is 12.5. The molecule has 0 bridgehead atoms. The molecule has 0 saturated carbocycles. The summed E-state index contributed by atoms with van der Waals surface area (Å²) < 4.78 is 3.61. The minimum absolute atomic E-state index is 0.0445. The average Bonchev–Trinajstić information content (AvgIpc) is 3.18. The van der Waals surface area contributed by atoms with Crippen LogP contribution < -0.4 is 11.1 Å². The van der Waals surface area contributed by atoms with E-state index < -0.39 is 0 Å². The zero-order valence-electron chi connectivity index (χ0n) is 15.5. The molecule has 0 aromatic carbocycles. The lowest BCUT2D eigenvalue weighted by Crippen LogP contribution is -2.24. The van der Waals surface area contributed by atoms with E-state index in [1.54, 1.807) is 10.9 Å². The first kappa shape index (κ1) is 18.1. The Hall–Kier alpha value is -2.67. The maximum atomic E-state index is 12.7. The van der Waals surface area contributed by atoms with E-state index in [1.165, 1.54) is 0 Å². The van der Waals surface area contributed by atoms with Crippen LogP contribution in [0.1, 0.15) is 26.7 Å². The summed E-state index contributed by atoms with van der Waals surface area (Å²) in [5, 5.41) is 7.26. The fourth-order valence-corrected chi connectivity index (χ4v) is 3.23. The number of nitrogens with zero attached hydrogens (tertiary/aromatic N) is 4. The summed E-state index contributed by atoms with van der Waals surface area (Å²) in [5.74, 6) is 1.31. The second-order valence-corrected chi connectivity index (χ2v) is 7.12. The molecule has 0 saturated heterocycles. The molecule has 7 heteroatoms. The average molecular weight is 354 g/mol. The van der Waals surface area contributed by atoms with Gasteiger partial charge in [-0.1, -0.05) is 19.9 Å². The van der Waals surface area contributed by atoms with E-state index >= 15 is 0 Å². The van der Waals surface area contributed by atoms with Crippen LogP contribution in [0.25, 0.3) is 16.9 Å². The smallest absolute Gasteiger partial charge is 0.225 e. The summed E-state index contributed by atoms with van der Waals surface area (Å²) >= 11 is 0. The molecule has 26 heavy (non-hydrogen) atoms. The van der Waals surface area contributed by atoms with Crippen LogP contribution in [0.4, 0.5) is 5.82 Å². The van der Waals surface area contributed by atoms with Crippen LogP contribution in [0.2, 0.25) is 0 Å². The number of nitrogens with one attached hydrogen (secondary N) is 1. The predicted octanol–water partition coefficient (Wildman–Crippen LogP) is 2.68. The molecule has 3 aromatic rings. The van der Waals surface area contributed by atoms with Gasteiger partial charge < -0.3 is 11.1 Å². The molecule has 3 N–H and O–H groups in total. The fraction of sp³-hybridized carbons (Fsp3) is 0.421.